The lowest BCUT2D eigenvalue weighted by atomic mass is 10.00. The molecule has 0 aliphatic carbocycles. The first-order valence-electron chi connectivity index (χ1n) is 12.4. The van der Waals surface area contributed by atoms with Crippen LogP contribution in [-0.4, -0.2) is 66.0 Å². The van der Waals surface area contributed by atoms with Gasteiger partial charge in [0.2, 0.25) is 0 Å². The third-order valence-electron chi connectivity index (χ3n) is 6.73. The van der Waals surface area contributed by atoms with E-state index in [1.807, 2.05) is 42.6 Å². The Morgan fingerprint density at radius 1 is 1.05 bits per heavy atom. The maximum Gasteiger partial charge on any atom is 0.295 e. The normalized spacial score (nSPS) is 19.9. The van der Waals surface area contributed by atoms with Gasteiger partial charge in [0.25, 0.3) is 11.7 Å². The Kier molecular flexibility index (Phi) is 7.69. The summed E-state index contributed by atoms with van der Waals surface area (Å²) >= 11 is 1.47. The van der Waals surface area contributed by atoms with Gasteiger partial charge in [0.15, 0.2) is 0 Å². The minimum Gasteiger partial charge on any atom is -0.507 e. The van der Waals surface area contributed by atoms with Crippen molar-refractivity contribution in [2.75, 3.05) is 39.4 Å². The summed E-state index contributed by atoms with van der Waals surface area (Å²) in [4.78, 5) is 30.9. The second kappa shape index (κ2) is 11.3. The van der Waals surface area contributed by atoms with Crippen molar-refractivity contribution in [1.29, 1.82) is 0 Å². The van der Waals surface area contributed by atoms with Gasteiger partial charge in [-0.15, -0.1) is 11.3 Å². The molecule has 2 saturated heterocycles. The Labute approximate surface area is 220 Å². The number of thiophene rings is 1. The Balaban J connectivity index is 1.37. The van der Waals surface area contributed by atoms with E-state index < -0.39 is 17.7 Å². The van der Waals surface area contributed by atoms with Gasteiger partial charge in [-0.3, -0.25) is 14.5 Å². The molecule has 1 amide bonds. The number of morpholine rings is 1. The van der Waals surface area contributed by atoms with Crippen molar-refractivity contribution >= 4 is 28.8 Å². The van der Waals surface area contributed by atoms with Crippen LogP contribution in [-0.2, 0) is 20.9 Å². The van der Waals surface area contributed by atoms with Crippen LogP contribution in [0.3, 0.4) is 0 Å². The van der Waals surface area contributed by atoms with E-state index in [1.54, 1.807) is 29.2 Å². The highest BCUT2D eigenvalue weighted by atomic mass is 32.1. The number of carbonyl (C=O) groups excluding carboxylic acids is 2. The summed E-state index contributed by atoms with van der Waals surface area (Å²) in [6.45, 7) is 6.44. The van der Waals surface area contributed by atoms with E-state index in [-0.39, 0.29) is 11.3 Å². The van der Waals surface area contributed by atoms with Crippen LogP contribution in [0.2, 0.25) is 0 Å². The molecule has 8 heteroatoms. The minimum atomic E-state index is -0.655. The highest BCUT2D eigenvalue weighted by Crippen LogP contribution is 2.41. The summed E-state index contributed by atoms with van der Waals surface area (Å²) in [5.74, 6) is -0.751. The van der Waals surface area contributed by atoms with Crippen molar-refractivity contribution in [1.82, 2.24) is 9.80 Å². The molecule has 2 aromatic carbocycles. The minimum absolute atomic E-state index is 0.128. The fraction of sp³-hybridized carbons (Fsp3) is 0.310. The molecule has 192 valence electrons. The number of aryl methyl sites for hydroxylation is 1. The van der Waals surface area contributed by atoms with Gasteiger partial charge in [0.1, 0.15) is 18.1 Å². The summed E-state index contributed by atoms with van der Waals surface area (Å²) in [5, 5.41) is 13.2. The Hall–Kier alpha value is -3.46. The summed E-state index contributed by atoms with van der Waals surface area (Å²) in [5.41, 5.74) is 2.83. The molecule has 7 nitrogen and oxygen atoms in total. The van der Waals surface area contributed by atoms with Gasteiger partial charge >= 0.3 is 0 Å². The number of Topliss-reactive ketones (excluding diaryl/α,β-unsaturated/α-hetero) is 1. The lowest BCUT2D eigenvalue weighted by Crippen LogP contribution is -2.42. The molecule has 0 saturated carbocycles. The average molecular weight is 519 g/mol. The smallest absolute Gasteiger partial charge is 0.295 e. The van der Waals surface area contributed by atoms with E-state index in [2.05, 4.69) is 11.0 Å². The molecule has 0 unspecified atom stereocenters. The first-order chi connectivity index (χ1) is 18.0. The lowest BCUT2D eigenvalue weighted by Gasteiger charge is -2.30. The molecule has 0 spiro atoms. The average Bonchev–Trinajstić information content (AvgIpc) is 3.54. The third-order valence-corrected chi connectivity index (χ3v) is 7.65. The number of aliphatic hydroxyl groups is 1. The molecule has 0 bridgehead atoms. The van der Waals surface area contributed by atoms with Crippen LogP contribution < -0.4 is 4.74 Å². The van der Waals surface area contributed by atoms with E-state index in [0.717, 1.165) is 23.5 Å². The summed E-state index contributed by atoms with van der Waals surface area (Å²) in [6, 6.07) is 18.3. The quantitative estimate of drug-likeness (QED) is 0.271. The van der Waals surface area contributed by atoms with Crippen LogP contribution in [0.15, 0.2) is 71.6 Å². The molecule has 3 heterocycles. The van der Waals surface area contributed by atoms with Crippen LogP contribution in [0.25, 0.3) is 5.76 Å². The number of hydrogen-bond acceptors (Lipinski definition) is 7. The van der Waals surface area contributed by atoms with Gasteiger partial charge in [-0.2, -0.15) is 0 Å². The molecule has 0 radical (unpaired) electrons. The van der Waals surface area contributed by atoms with Crippen LogP contribution in [0.4, 0.5) is 0 Å². The Bertz CT molecular complexity index is 1280. The van der Waals surface area contributed by atoms with Gasteiger partial charge in [0.05, 0.1) is 24.8 Å². The topological polar surface area (TPSA) is 79.3 Å². The monoisotopic (exact) mass is 518 g/mol. The van der Waals surface area contributed by atoms with E-state index in [4.69, 9.17) is 9.47 Å². The predicted molar refractivity (Wildman–Crippen MR) is 143 cm³/mol. The van der Waals surface area contributed by atoms with E-state index in [9.17, 15) is 14.7 Å². The molecule has 37 heavy (non-hydrogen) atoms. The summed E-state index contributed by atoms with van der Waals surface area (Å²) in [7, 11) is 0. The molecule has 1 N–H and O–H groups in total. The molecule has 2 aliphatic rings. The molecule has 2 fully saturated rings. The molecule has 1 aromatic heterocycles. The van der Waals surface area contributed by atoms with Crippen molar-refractivity contribution < 1.29 is 24.2 Å². The van der Waals surface area contributed by atoms with Crippen LogP contribution in [0.1, 0.15) is 27.6 Å². The van der Waals surface area contributed by atoms with Crippen LogP contribution in [0, 0.1) is 6.92 Å². The fourth-order valence-electron chi connectivity index (χ4n) is 4.76. The fourth-order valence-corrected chi connectivity index (χ4v) is 5.61. The molecule has 2 aliphatic heterocycles. The first kappa shape index (κ1) is 25.2. The maximum atomic E-state index is 13.2. The summed E-state index contributed by atoms with van der Waals surface area (Å²) < 4.78 is 11.3. The molecular weight excluding hydrogens is 488 g/mol. The molecule has 1 atom stereocenters. The van der Waals surface area contributed by atoms with E-state index in [0.29, 0.717) is 44.2 Å². The maximum absolute atomic E-state index is 13.2. The zero-order valence-corrected chi connectivity index (χ0v) is 21.6. The van der Waals surface area contributed by atoms with Crippen LogP contribution >= 0.6 is 11.3 Å². The van der Waals surface area contributed by atoms with Gasteiger partial charge in [0, 0.05) is 36.6 Å². The number of benzene rings is 2. The zero-order valence-electron chi connectivity index (χ0n) is 20.8. The number of nitrogens with zero attached hydrogens (tertiary/aromatic N) is 2. The lowest BCUT2D eigenvalue weighted by molar-refractivity contribution is -0.140. The molecule has 3 aromatic rings. The number of amides is 1. The van der Waals surface area contributed by atoms with E-state index in [1.165, 1.54) is 16.9 Å². The number of hydrogen-bond donors (Lipinski definition) is 1. The van der Waals surface area contributed by atoms with Gasteiger partial charge in [-0.1, -0.05) is 35.9 Å². The highest BCUT2D eigenvalue weighted by molar-refractivity contribution is 7.10. The number of rotatable bonds is 8. The zero-order chi connectivity index (χ0) is 25.8. The Morgan fingerprint density at radius 2 is 1.84 bits per heavy atom. The van der Waals surface area contributed by atoms with Crippen molar-refractivity contribution in [3.63, 3.8) is 0 Å². The first-order valence-corrected chi connectivity index (χ1v) is 13.3. The van der Waals surface area contributed by atoms with E-state index >= 15 is 0 Å². The van der Waals surface area contributed by atoms with Gasteiger partial charge < -0.3 is 19.5 Å². The summed E-state index contributed by atoms with van der Waals surface area (Å²) in [6.07, 6.45) is 0. The molecule has 5 rings (SSSR count). The second-order valence-electron chi connectivity index (χ2n) is 9.26. The standard InChI is InChI=1S/C29H30N2O5S/c1-20-4-2-5-21(18-20)19-36-23-9-7-22(8-10-23)27(32)25-26(24-6-3-17-37-24)31(29(34)28(25)33)12-11-30-13-15-35-16-14-30/h2-10,17-18,26,32H,11-16,19H2,1H3/b27-25+/t26-/m0/s1. The second-order valence-corrected chi connectivity index (χ2v) is 10.2. The molecular formula is C29H30N2O5S. The predicted octanol–water partition coefficient (Wildman–Crippen LogP) is 4.39. The van der Waals surface area contributed by atoms with Crippen molar-refractivity contribution in [2.24, 2.45) is 0 Å². The van der Waals surface area contributed by atoms with Gasteiger partial charge in [-0.05, 0) is 48.2 Å². The van der Waals surface area contributed by atoms with Crippen molar-refractivity contribution in [3.05, 3.63) is 93.2 Å². The third kappa shape index (κ3) is 5.61. The number of ether oxygens (including phenoxy) is 2. The van der Waals surface area contributed by atoms with Crippen molar-refractivity contribution in [3.8, 4) is 5.75 Å². The Morgan fingerprint density at radius 3 is 2.54 bits per heavy atom. The number of ketones is 1. The largest absolute Gasteiger partial charge is 0.507 e. The van der Waals surface area contributed by atoms with Gasteiger partial charge in [-0.25, -0.2) is 0 Å². The van der Waals surface area contributed by atoms with Crippen molar-refractivity contribution in [2.45, 2.75) is 19.6 Å². The highest BCUT2D eigenvalue weighted by Gasteiger charge is 2.46. The SMILES string of the molecule is Cc1cccc(COc2ccc(/C(O)=C3\C(=O)C(=O)N(CCN4CCOCC4)[C@H]3c3cccs3)cc2)c1. The van der Waals surface area contributed by atoms with Crippen LogP contribution in [0.5, 0.6) is 5.75 Å². The number of aliphatic hydroxyl groups excluding tert-OH is 1. The number of likely N-dealkylation sites (tertiary alicyclic amines) is 1. The number of carbonyl (C=O) groups is 2.